The van der Waals surface area contributed by atoms with Gasteiger partial charge in [0, 0.05) is 17.8 Å². The minimum Gasteiger partial charge on any atom is -0.497 e. The molecule has 0 aliphatic heterocycles. The zero-order valence-electron chi connectivity index (χ0n) is 11.3. The van der Waals surface area contributed by atoms with Gasteiger partial charge in [-0.15, -0.1) is 0 Å². The molecule has 106 valence electrons. The highest BCUT2D eigenvalue weighted by Gasteiger charge is 2.16. The third kappa shape index (κ3) is 2.85. The van der Waals surface area contributed by atoms with Gasteiger partial charge in [0.1, 0.15) is 17.2 Å². The molecule has 2 aromatic rings. The van der Waals surface area contributed by atoms with Crippen molar-refractivity contribution in [1.82, 2.24) is 10.2 Å². The fourth-order valence-corrected chi connectivity index (χ4v) is 1.92. The smallest absolute Gasteiger partial charge is 0.276 e. The Morgan fingerprint density at radius 3 is 2.60 bits per heavy atom. The number of halogens is 1. The van der Waals surface area contributed by atoms with Crippen molar-refractivity contribution >= 4 is 23.2 Å². The Labute approximate surface area is 121 Å². The predicted octanol–water partition coefficient (Wildman–Crippen LogP) is 2.64. The molecule has 2 rings (SSSR count). The van der Waals surface area contributed by atoms with Crippen LogP contribution in [0.25, 0.3) is 0 Å². The lowest BCUT2D eigenvalue weighted by Gasteiger charge is -2.13. The highest BCUT2D eigenvalue weighted by Crippen LogP contribution is 2.36. The number of H-pyrrole nitrogens is 1. The number of amides is 1. The van der Waals surface area contributed by atoms with Gasteiger partial charge in [-0.05, 0) is 13.0 Å². The summed E-state index contributed by atoms with van der Waals surface area (Å²) in [4.78, 5) is 12.1. The molecule has 0 saturated carbocycles. The molecule has 0 bridgehead atoms. The molecule has 7 heteroatoms. The van der Waals surface area contributed by atoms with E-state index in [1.165, 1.54) is 14.2 Å². The normalized spacial score (nSPS) is 10.2. The van der Waals surface area contributed by atoms with Crippen molar-refractivity contribution in [3.63, 3.8) is 0 Å². The van der Waals surface area contributed by atoms with Crippen molar-refractivity contribution < 1.29 is 14.3 Å². The number of aryl methyl sites for hydroxylation is 1. The first-order chi connectivity index (χ1) is 9.55. The van der Waals surface area contributed by atoms with Gasteiger partial charge in [0.05, 0.1) is 19.2 Å². The number of carbonyl (C=O) groups excluding carboxylic acids is 1. The Bertz CT molecular complexity index is 640. The highest BCUT2D eigenvalue weighted by molar-refractivity contribution is 6.34. The molecule has 0 atom stereocenters. The first kappa shape index (κ1) is 14.2. The van der Waals surface area contributed by atoms with Gasteiger partial charge in [-0.3, -0.25) is 9.89 Å². The van der Waals surface area contributed by atoms with Crippen LogP contribution in [-0.4, -0.2) is 30.3 Å². The third-order valence-corrected chi connectivity index (χ3v) is 2.96. The van der Waals surface area contributed by atoms with E-state index in [4.69, 9.17) is 21.1 Å². The lowest BCUT2D eigenvalue weighted by atomic mass is 10.2. The molecule has 6 nitrogen and oxygen atoms in total. The summed E-state index contributed by atoms with van der Waals surface area (Å²) < 4.78 is 10.3. The van der Waals surface area contributed by atoms with Crippen LogP contribution in [0.3, 0.4) is 0 Å². The Hall–Kier alpha value is -2.21. The van der Waals surface area contributed by atoms with Crippen LogP contribution in [0.15, 0.2) is 18.2 Å². The van der Waals surface area contributed by atoms with Gasteiger partial charge in [0.15, 0.2) is 5.69 Å². The summed E-state index contributed by atoms with van der Waals surface area (Å²) in [7, 11) is 3.01. The van der Waals surface area contributed by atoms with E-state index in [-0.39, 0.29) is 11.6 Å². The summed E-state index contributed by atoms with van der Waals surface area (Å²) in [6.45, 7) is 1.81. The summed E-state index contributed by atoms with van der Waals surface area (Å²) >= 11 is 6.13. The first-order valence-corrected chi connectivity index (χ1v) is 6.18. The van der Waals surface area contributed by atoms with Crippen LogP contribution >= 0.6 is 11.6 Å². The number of carbonyl (C=O) groups is 1. The van der Waals surface area contributed by atoms with Crippen molar-refractivity contribution in [3.8, 4) is 11.5 Å². The van der Waals surface area contributed by atoms with E-state index in [2.05, 4.69) is 15.5 Å². The van der Waals surface area contributed by atoms with E-state index in [0.29, 0.717) is 22.2 Å². The second-order valence-electron chi connectivity index (χ2n) is 4.08. The van der Waals surface area contributed by atoms with E-state index < -0.39 is 0 Å². The van der Waals surface area contributed by atoms with Gasteiger partial charge in [-0.1, -0.05) is 11.6 Å². The minimum atomic E-state index is -0.375. The second kappa shape index (κ2) is 5.83. The lowest BCUT2D eigenvalue weighted by molar-refractivity contribution is 0.102. The van der Waals surface area contributed by atoms with Crippen LogP contribution in [0, 0.1) is 6.92 Å². The summed E-state index contributed by atoms with van der Waals surface area (Å²) in [5.41, 5.74) is 1.44. The Balaban J connectivity index is 2.31. The number of aromatic nitrogens is 2. The maximum Gasteiger partial charge on any atom is 0.276 e. The first-order valence-electron chi connectivity index (χ1n) is 5.80. The van der Waals surface area contributed by atoms with Crippen LogP contribution in [0.4, 0.5) is 5.69 Å². The molecule has 1 aromatic heterocycles. The Morgan fingerprint density at radius 2 is 2.05 bits per heavy atom. The average Bonchev–Trinajstić information content (AvgIpc) is 2.87. The summed E-state index contributed by atoms with van der Waals surface area (Å²) in [6, 6.07) is 4.87. The van der Waals surface area contributed by atoms with E-state index in [1.54, 1.807) is 18.2 Å². The van der Waals surface area contributed by atoms with Crippen LogP contribution < -0.4 is 14.8 Å². The minimum absolute atomic E-state index is 0.274. The fraction of sp³-hybridized carbons (Fsp3) is 0.231. The maximum atomic E-state index is 12.1. The number of rotatable bonds is 4. The van der Waals surface area contributed by atoms with E-state index in [0.717, 1.165) is 5.69 Å². The van der Waals surface area contributed by atoms with E-state index >= 15 is 0 Å². The van der Waals surface area contributed by atoms with Crippen molar-refractivity contribution in [3.05, 3.63) is 34.6 Å². The number of anilines is 1. The number of ether oxygens (including phenoxy) is 2. The molecule has 20 heavy (non-hydrogen) atoms. The van der Waals surface area contributed by atoms with Crippen molar-refractivity contribution in [2.24, 2.45) is 0 Å². The zero-order chi connectivity index (χ0) is 14.7. The molecule has 0 aliphatic rings. The van der Waals surface area contributed by atoms with Gasteiger partial charge in [-0.2, -0.15) is 5.10 Å². The molecule has 0 spiro atoms. The molecule has 0 unspecified atom stereocenters. The molecule has 1 amide bonds. The fourth-order valence-electron chi connectivity index (χ4n) is 1.67. The van der Waals surface area contributed by atoms with Crippen LogP contribution in [-0.2, 0) is 0 Å². The molecule has 0 radical (unpaired) electrons. The van der Waals surface area contributed by atoms with Gasteiger partial charge in [-0.25, -0.2) is 0 Å². The molecule has 1 heterocycles. The van der Waals surface area contributed by atoms with Crippen molar-refractivity contribution in [2.75, 3.05) is 19.5 Å². The van der Waals surface area contributed by atoms with Crippen LogP contribution in [0.2, 0.25) is 5.02 Å². The third-order valence-electron chi connectivity index (χ3n) is 2.66. The monoisotopic (exact) mass is 295 g/mol. The topological polar surface area (TPSA) is 76.2 Å². The van der Waals surface area contributed by atoms with Gasteiger partial charge in [0.2, 0.25) is 0 Å². The largest absolute Gasteiger partial charge is 0.497 e. The molecule has 0 fully saturated rings. The number of hydrogen-bond acceptors (Lipinski definition) is 4. The molecule has 2 N–H and O–H groups in total. The second-order valence-corrected chi connectivity index (χ2v) is 4.48. The Morgan fingerprint density at radius 1 is 1.30 bits per heavy atom. The van der Waals surface area contributed by atoms with E-state index in [1.807, 2.05) is 6.92 Å². The highest BCUT2D eigenvalue weighted by atomic mass is 35.5. The van der Waals surface area contributed by atoms with Crippen LogP contribution in [0.1, 0.15) is 16.2 Å². The average molecular weight is 296 g/mol. The maximum absolute atomic E-state index is 12.1. The number of benzene rings is 1. The Kier molecular flexibility index (Phi) is 4.14. The molecule has 0 saturated heterocycles. The summed E-state index contributed by atoms with van der Waals surface area (Å²) in [5.74, 6) is 0.579. The number of nitrogens with one attached hydrogen (secondary N) is 2. The summed E-state index contributed by atoms with van der Waals surface area (Å²) in [6.07, 6.45) is 0. The SMILES string of the molecule is COc1cc(Cl)c(NC(=O)c2cc(C)[nH]n2)c(OC)c1. The number of hydrogen-bond donors (Lipinski definition) is 2. The van der Waals surface area contributed by atoms with Crippen LogP contribution in [0.5, 0.6) is 11.5 Å². The number of aromatic amines is 1. The van der Waals surface area contributed by atoms with Crippen molar-refractivity contribution in [1.29, 1.82) is 0 Å². The zero-order valence-corrected chi connectivity index (χ0v) is 12.0. The molecule has 1 aromatic carbocycles. The molecule has 0 aliphatic carbocycles. The quantitative estimate of drug-likeness (QED) is 0.909. The number of methoxy groups -OCH3 is 2. The van der Waals surface area contributed by atoms with E-state index in [9.17, 15) is 4.79 Å². The van der Waals surface area contributed by atoms with Gasteiger partial charge in [0.25, 0.3) is 5.91 Å². The molecular weight excluding hydrogens is 282 g/mol. The van der Waals surface area contributed by atoms with Gasteiger partial charge >= 0.3 is 0 Å². The van der Waals surface area contributed by atoms with Crippen molar-refractivity contribution in [2.45, 2.75) is 6.92 Å². The predicted molar refractivity (Wildman–Crippen MR) is 75.8 cm³/mol. The molecular formula is C13H14ClN3O3. The number of nitrogens with zero attached hydrogens (tertiary/aromatic N) is 1. The lowest BCUT2D eigenvalue weighted by Crippen LogP contribution is -2.13. The van der Waals surface area contributed by atoms with Gasteiger partial charge < -0.3 is 14.8 Å². The standard InChI is InChI=1S/C13H14ClN3O3/c1-7-4-10(17-16-7)13(18)15-12-9(14)5-8(19-2)6-11(12)20-3/h4-6H,1-3H3,(H,15,18)(H,16,17). The summed E-state index contributed by atoms with van der Waals surface area (Å²) in [5, 5.41) is 9.58.